The van der Waals surface area contributed by atoms with E-state index in [4.69, 9.17) is 0 Å². The van der Waals surface area contributed by atoms with Crippen molar-refractivity contribution in [1.82, 2.24) is 10.2 Å². The Kier molecular flexibility index (Phi) is 3.56. The van der Waals surface area contributed by atoms with E-state index in [1.54, 1.807) is 4.90 Å². The van der Waals surface area contributed by atoms with Crippen molar-refractivity contribution in [2.24, 2.45) is 5.92 Å². The highest BCUT2D eigenvalue weighted by atomic mass is 19.1. The van der Waals surface area contributed by atoms with E-state index in [9.17, 15) is 18.8 Å². The van der Waals surface area contributed by atoms with Crippen molar-refractivity contribution in [2.75, 3.05) is 24.5 Å². The molecule has 0 radical (unpaired) electrons. The molecule has 7 heteroatoms. The number of nitrogens with zero attached hydrogens (tertiary/aromatic N) is 2. The number of β-lactam (4-membered cyclic amide) rings is 1. The van der Waals surface area contributed by atoms with Gasteiger partial charge in [-0.1, -0.05) is 0 Å². The van der Waals surface area contributed by atoms with Gasteiger partial charge in [0.15, 0.2) is 0 Å². The van der Waals surface area contributed by atoms with Gasteiger partial charge in [0, 0.05) is 25.7 Å². The number of nitrogens with one attached hydrogen (secondary N) is 1. The van der Waals surface area contributed by atoms with Crippen molar-refractivity contribution in [3.63, 3.8) is 0 Å². The lowest BCUT2D eigenvalue weighted by molar-refractivity contribution is -0.143. The molecule has 6 nitrogen and oxygen atoms in total. The molecule has 2 aliphatic heterocycles. The monoisotopic (exact) mass is 305 g/mol. The van der Waals surface area contributed by atoms with Gasteiger partial charge in [-0.05, 0) is 24.3 Å². The summed E-state index contributed by atoms with van der Waals surface area (Å²) in [7, 11) is 0. The predicted molar refractivity (Wildman–Crippen MR) is 76.4 cm³/mol. The standard InChI is InChI=1S/C15H16FN3O3/c1-9(20)18-6-10(7-18)14(21)17-13-8-19(15(13)22)12-4-2-11(16)3-5-12/h2-5,10,13H,6-8H2,1H3,(H,17,21). The summed E-state index contributed by atoms with van der Waals surface area (Å²) in [4.78, 5) is 38.1. The van der Waals surface area contributed by atoms with Gasteiger partial charge in [0.05, 0.1) is 12.5 Å². The second kappa shape index (κ2) is 5.40. The second-order valence-corrected chi connectivity index (χ2v) is 5.61. The van der Waals surface area contributed by atoms with Crippen LogP contribution in [0.5, 0.6) is 0 Å². The van der Waals surface area contributed by atoms with Crippen LogP contribution < -0.4 is 10.2 Å². The van der Waals surface area contributed by atoms with Crippen molar-refractivity contribution in [3.8, 4) is 0 Å². The van der Waals surface area contributed by atoms with E-state index in [2.05, 4.69) is 5.32 Å². The summed E-state index contributed by atoms with van der Waals surface area (Å²) < 4.78 is 12.9. The number of hydrogen-bond donors (Lipinski definition) is 1. The number of rotatable bonds is 3. The first-order chi connectivity index (χ1) is 10.5. The smallest absolute Gasteiger partial charge is 0.251 e. The zero-order valence-corrected chi connectivity index (χ0v) is 12.1. The molecule has 0 bridgehead atoms. The number of hydrogen-bond acceptors (Lipinski definition) is 3. The molecule has 0 aromatic heterocycles. The van der Waals surface area contributed by atoms with Gasteiger partial charge in [-0.25, -0.2) is 4.39 Å². The Morgan fingerprint density at radius 2 is 1.82 bits per heavy atom. The van der Waals surface area contributed by atoms with Crippen molar-refractivity contribution in [3.05, 3.63) is 30.1 Å². The lowest BCUT2D eigenvalue weighted by Crippen LogP contribution is -2.66. The topological polar surface area (TPSA) is 69.7 Å². The highest BCUT2D eigenvalue weighted by Gasteiger charge is 2.41. The molecule has 2 heterocycles. The van der Waals surface area contributed by atoms with Crippen LogP contribution >= 0.6 is 0 Å². The van der Waals surface area contributed by atoms with Crippen LogP contribution in [0.25, 0.3) is 0 Å². The van der Waals surface area contributed by atoms with Gasteiger partial charge in [-0.3, -0.25) is 14.4 Å². The average Bonchev–Trinajstić information content (AvgIpc) is 2.42. The highest BCUT2D eigenvalue weighted by molar-refractivity contribution is 6.06. The van der Waals surface area contributed by atoms with Gasteiger partial charge in [0.25, 0.3) is 5.91 Å². The maximum atomic E-state index is 12.9. The second-order valence-electron chi connectivity index (χ2n) is 5.61. The molecule has 22 heavy (non-hydrogen) atoms. The molecular weight excluding hydrogens is 289 g/mol. The number of likely N-dealkylation sites (tertiary alicyclic amines) is 1. The molecule has 1 aromatic carbocycles. The average molecular weight is 305 g/mol. The Balaban J connectivity index is 1.50. The third-order valence-corrected chi connectivity index (χ3v) is 4.08. The van der Waals surface area contributed by atoms with Crippen molar-refractivity contribution in [2.45, 2.75) is 13.0 Å². The number of carbonyl (C=O) groups is 3. The van der Waals surface area contributed by atoms with E-state index in [-0.39, 0.29) is 29.5 Å². The van der Waals surface area contributed by atoms with Gasteiger partial charge < -0.3 is 15.1 Å². The van der Waals surface area contributed by atoms with Crippen LogP contribution in [0, 0.1) is 11.7 Å². The van der Waals surface area contributed by atoms with E-state index in [1.165, 1.54) is 36.1 Å². The Bertz CT molecular complexity index is 625. The Hall–Kier alpha value is -2.44. The maximum absolute atomic E-state index is 12.9. The zero-order valence-electron chi connectivity index (χ0n) is 12.1. The molecule has 1 unspecified atom stereocenters. The summed E-state index contributed by atoms with van der Waals surface area (Å²) in [6, 6.07) is 5.10. The molecular formula is C15H16FN3O3. The summed E-state index contributed by atoms with van der Waals surface area (Å²) in [5.41, 5.74) is 0.614. The fraction of sp³-hybridized carbons (Fsp3) is 0.400. The normalized spacial score (nSPS) is 21.2. The first-order valence-electron chi connectivity index (χ1n) is 7.08. The molecule has 116 valence electrons. The molecule has 3 rings (SSSR count). The Labute approximate surface area is 126 Å². The molecule has 2 aliphatic rings. The molecule has 2 fully saturated rings. The third-order valence-electron chi connectivity index (χ3n) is 4.08. The summed E-state index contributed by atoms with van der Waals surface area (Å²) >= 11 is 0. The first-order valence-corrected chi connectivity index (χ1v) is 7.08. The maximum Gasteiger partial charge on any atom is 0.251 e. The molecule has 1 aromatic rings. The SMILES string of the molecule is CC(=O)N1CC(C(=O)NC2CN(c3ccc(F)cc3)C2=O)C1. The largest absolute Gasteiger partial charge is 0.342 e. The predicted octanol–water partition coefficient (Wildman–Crippen LogP) is 0.135. The number of halogens is 1. The van der Waals surface area contributed by atoms with Crippen LogP contribution in [0.15, 0.2) is 24.3 Å². The molecule has 3 amide bonds. The van der Waals surface area contributed by atoms with E-state index >= 15 is 0 Å². The molecule has 2 saturated heterocycles. The Morgan fingerprint density at radius 1 is 1.18 bits per heavy atom. The lowest BCUT2D eigenvalue weighted by atomic mass is 9.97. The third kappa shape index (κ3) is 2.54. The summed E-state index contributed by atoms with van der Waals surface area (Å²) in [6.45, 7) is 2.65. The van der Waals surface area contributed by atoms with E-state index in [0.29, 0.717) is 25.3 Å². The highest BCUT2D eigenvalue weighted by Crippen LogP contribution is 2.23. The number of benzene rings is 1. The van der Waals surface area contributed by atoms with Crippen molar-refractivity contribution in [1.29, 1.82) is 0 Å². The van der Waals surface area contributed by atoms with Crippen LogP contribution in [-0.4, -0.2) is 48.3 Å². The minimum Gasteiger partial charge on any atom is -0.342 e. The fourth-order valence-electron chi connectivity index (χ4n) is 2.58. The van der Waals surface area contributed by atoms with Crippen LogP contribution in [0.1, 0.15) is 6.92 Å². The van der Waals surface area contributed by atoms with Crippen LogP contribution in [0.4, 0.5) is 10.1 Å². The molecule has 1 N–H and O–H groups in total. The van der Waals surface area contributed by atoms with Gasteiger partial charge in [-0.15, -0.1) is 0 Å². The van der Waals surface area contributed by atoms with E-state index in [1.807, 2.05) is 0 Å². The number of anilines is 1. The first kappa shape index (κ1) is 14.5. The summed E-state index contributed by atoms with van der Waals surface area (Å²) in [6.07, 6.45) is 0. The van der Waals surface area contributed by atoms with Gasteiger partial charge in [0.2, 0.25) is 11.8 Å². The molecule has 0 saturated carbocycles. The van der Waals surface area contributed by atoms with Crippen LogP contribution in [0.3, 0.4) is 0 Å². The summed E-state index contributed by atoms with van der Waals surface area (Å²) in [5.74, 6) is -1.05. The minimum absolute atomic E-state index is 0.0498. The molecule has 1 atom stereocenters. The van der Waals surface area contributed by atoms with Crippen LogP contribution in [0.2, 0.25) is 0 Å². The fourth-order valence-corrected chi connectivity index (χ4v) is 2.58. The van der Waals surface area contributed by atoms with Gasteiger partial charge >= 0.3 is 0 Å². The van der Waals surface area contributed by atoms with Crippen molar-refractivity contribution >= 4 is 23.4 Å². The van der Waals surface area contributed by atoms with Gasteiger partial charge in [-0.2, -0.15) is 0 Å². The molecule has 0 aliphatic carbocycles. The molecule has 0 spiro atoms. The van der Waals surface area contributed by atoms with E-state index in [0.717, 1.165) is 0 Å². The van der Waals surface area contributed by atoms with Gasteiger partial charge in [0.1, 0.15) is 11.9 Å². The zero-order chi connectivity index (χ0) is 15.9. The van der Waals surface area contributed by atoms with Crippen LogP contribution in [-0.2, 0) is 14.4 Å². The van der Waals surface area contributed by atoms with Crippen molar-refractivity contribution < 1.29 is 18.8 Å². The summed E-state index contributed by atoms with van der Waals surface area (Å²) in [5, 5.41) is 2.70. The minimum atomic E-state index is -0.538. The van der Waals surface area contributed by atoms with E-state index < -0.39 is 6.04 Å². The number of carbonyl (C=O) groups excluding carboxylic acids is 3. The quantitative estimate of drug-likeness (QED) is 0.807. The lowest BCUT2D eigenvalue weighted by Gasteiger charge is -2.42. The Morgan fingerprint density at radius 3 is 2.36 bits per heavy atom. The number of amides is 3.